The van der Waals surface area contributed by atoms with Gasteiger partial charge in [-0.15, -0.1) is 11.3 Å². The highest BCUT2D eigenvalue weighted by molar-refractivity contribution is 9.10. The van der Waals surface area contributed by atoms with Gasteiger partial charge in [0.25, 0.3) is 6.43 Å². The molecule has 1 nitrogen and oxygen atoms in total. The molecule has 1 heterocycles. The molecule has 1 atom stereocenters. The minimum Gasteiger partial charge on any atom is -0.320 e. The number of aryl methyl sites for hydroxylation is 1. The van der Waals surface area contributed by atoms with Crippen LogP contribution in [0.3, 0.4) is 0 Å². The van der Waals surface area contributed by atoms with Gasteiger partial charge < -0.3 is 5.73 Å². The zero-order valence-electron chi connectivity index (χ0n) is 7.98. The molecule has 2 N–H and O–H groups in total. The summed E-state index contributed by atoms with van der Waals surface area (Å²) in [5, 5.41) is 0. The highest BCUT2D eigenvalue weighted by atomic mass is 79.9. The number of rotatable bonds is 3. The van der Waals surface area contributed by atoms with Crippen molar-refractivity contribution in [3.63, 3.8) is 0 Å². The Bertz CT molecular complexity index is 323. The second kappa shape index (κ2) is 4.24. The van der Waals surface area contributed by atoms with Gasteiger partial charge in [-0.3, -0.25) is 0 Å². The van der Waals surface area contributed by atoms with Crippen molar-refractivity contribution in [3.8, 4) is 0 Å². The normalized spacial score (nSPS) is 15.9. The summed E-state index contributed by atoms with van der Waals surface area (Å²) in [7, 11) is 0. The average molecular weight is 284 g/mol. The standard InChI is InChI=1S/C9H12BrF2NS/c1-5-3-6(10)7(14-5)4-9(2,13)8(11)12/h3,8H,4,13H2,1-2H3. The van der Waals surface area contributed by atoms with Crippen molar-refractivity contribution in [2.75, 3.05) is 0 Å². The molecule has 0 aliphatic rings. The molecular formula is C9H12BrF2NS. The lowest BCUT2D eigenvalue weighted by Crippen LogP contribution is -2.45. The fourth-order valence-electron chi connectivity index (χ4n) is 1.08. The molecule has 80 valence electrons. The van der Waals surface area contributed by atoms with Crippen molar-refractivity contribution in [2.45, 2.75) is 32.2 Å². The summed E-state index contributed by atoms with van der Waals surface area (Å²) in [5.41, 5.74) is 4.06. The van der Waals surface area contributed by atoms with E-state index in [1.54, 1.807) is 0 Å². The van der Waals surface area contributed by atoms with Gasteiger partial charge in [0.05, 0.1) is 5.54 Å². The summed E-state index contributed by atoms with van der Waals surface area (Å²) >= 11 is 4.83. The van der Waals surface area contributed by atoms with Gasteiger partial charge >= 0.3 is 0 Å². The Labute approximate surface area is 94.4 Å². The Morgan fingerprint density at radius 2 is 2.21 bits per heavy atom. The van der Waals surface area contributed by atoms with Crippen LogP contribution in [0, 0.1) is 6.92 Å². The van der Waals surface area contributed by atoms with E-state index in [1.807, 2.05) is 13.0 Å². The first kappa shape index (κ1) is 12.1. The maximum atomic E-state index is 12.5. The summed E-state index contributed by atoms with van der Waals surface area (Å²) in [6.07, 6.45) is -2.30. The van der Waals surface area contributed by atoms with Crippen molar-refractivity contribution in [2.24, 2.45) is 5.73 Å². The first-order chi connectivity index (χ1) is 6.33. The van der Waals surface area contributed by atoms with Crippen LogP contribution in [-0.4, -0.2) is 12.0 Å². The van der Waals surface area contributed by atoms with E-state index < -0.39 is 12.0 Å². The van der Waals surface area contributed by atoms with Crippen LogP contribution in [0.5, 0.6) is 0 Å². The predicted octanol–water partition coefficient (Wildman–Crippen LogP) is 3.34. The number of halogens is 3. The summed E-state index contributed by atoms with van der Waals surface area (Å²) in [6.45, 7) is 3.31. The van der Waals surface area contributed by atoms with E-state index in [2.05, 4.69) is 15.9 Å². The van der Waals surface area contributed by atoms with Crippen LogP contribution in [0.1, 0.15) is 16.7 Å². The molecule has 0 aliphatic carbocycles. The molecule has 14 heavy (non-hydrogen) atoms. The number of nitrogens with two attached hydrogens (primary N) is 1. The fourth-order valence-corrected chi connectivity index (χ4v) is 3.06. The van der Waals surface area contributed by atoms with Gasteiger partial charge in [-0.1, -0.05) is 0 Å². The summed E-state index contributed by atoms with van der Waals surface area (Å²) in [5.74, 6) is 0. The number of thiophene rings is 1. The van der Waals surface area contributed by atoms with E-state index >= 15 is 0 Å². The fraction of sp³-hybridized carbons (Fsp3) is 0.556. The number of hydrogen-bond acceptors (Lipinski definition) is 2. The van der Waals surface area contributed by atoms with Crippen molar-refractivity contribution >= 4 is 27.3 Å². The third kappa shape index (κ3) is 2.74. The molecular weight excluding hydrogens is 272 g/mol. The molecule has 0 aromatic carbocycles. The Morgan fingerprint density at radius 1 is 1.64 bits per heavy atom. The first-order valence-electron chi connectivity index (χ1n) is 4.15. The molecule has 0 saturated heterocycles. The van der Waals surface area contributed by atoms with Gasteiger partial charge in [-0.25, -0.2) is 8.78 Å². The monoisotopic (exact) mass is 283 g/mol. The Kier molecular flexibility index (Phi) is 3.66. The second-order valence-electron chi connectivity index (χ2n) is 3.61. The minimum atomic E-state index is -2.50. The van der Waals surface area contributed by atoms with Gasteiger partial charge in [0.1, 0.15) is 0 Å². The van der Waals surface area contributed by atoms with Crippen LogP contribution in [0.15, 0.2) is 10.5 Å². The van der Waals surface area contributed by atoms with Crippen molar-refractivity contribution in [1.82, 2.24) is 0 Å². The Balaban J connectivity index is 2.83. The van der Waals surface area contributed by atoms with E-state index in [0.29, 0.717) is 0 Å². The van der Waals surface area contributed by atoms with Crippen molar-refractivity contribution in [3.05, 3.63) is 20.3 Å². The molecule has 0 saturated carbocycles. The average Bonchev–Trinajstić information content (AvgIpc) is 2.29. The van der Waals surface area contributed by atoms with E-state index in [4.69, 9.17) is 5.73 Å². The quantitative estimate of drug-likeness (QED) is 0.905. The highest BCUT2D eigenvalue weighted by Crippen LogP contribution is 2.31. The van der Waals surface area contributed by atoms with Crippen LogP contribution in [-0.2, 0) is 6.42 Å². The van der Waals surface area contributed by atoms with Gasteiger partial charge in [-0.2, -0.15) is 0 Å². The first-order valence-corrected chi connectivity index (χ1v) is 5.75. The van der Waals surface area contributed by atoms with Crippen molar-refractivity contribution < 1.29 is 8.78 Å². The largest absolute Gasteiger partial charge is 0.320 e. The smallest absolute Gasteiger partial charge is 0.256 e. The maximum Gasteiger partial charge on any atom is 0.256 e. The Morgan fingerprint density at radius 3 is 2.57 bits per heavy atom. The van der Waals surface area contributed by atoms with E-state index in [1.165, 1.54) is 18.3 Å². The van der Waals surface area contributed by atoms with Gasteiger partial charge in [-0.05, 0) is 35.8 Å². The third-order valence-electron chi connectivity index (χ3n) is 1.92. The third-order valence-corrected chi connectivity index (χ3v) is 3.94. The Hall–Kier alpha value is -0.0000000000000000555. The molecule has 0 amide bonds. The van der Waals surface area contributed by atoms with E-state index in [9.17, 15) is 8.78 Å². The van der Waals surface area contributed by atoms with Gasteiger partial charge in [0, 0.05) is 20.6 Å². The van der Waals surface area contributed by atoms with E-state index in [0.717, 1.165) is 14.2 Å². The van der Waals surface area contributed by atoms with E-state index in [-0.39, 0.29) is 6.42 Å². The topological polar surface area (TPSA) is 26.0 Å². The van der Waals surface area contributed by atoms with Crippen LogP contribution >= 0.6 is 27.3 Å². The molecule has 0 radical (unpaired) electrons. The van der Waals surface area contributed by atoms with Gasteiger partial charge in [0.15, 0.2) is 0 Å². The molecule has 0 aliphatic heterocycles. The lowest BCUT2D eigenvalue weighted by atomic mass is 9.99. The molecule has 0 spiro atoms. The van der Waals surface area contributed by atoms with Crippen LogP contribution in [0.25, 0.3) is 0 Å². The molecule has 1 rings (SSSR count). The summed E-state index contributed by atoms with van der Waals surface area (Å²) in [6, 6.07) is 1.92. The molecule has 1 aromatic heterocycles. The summed E-state index contributed by atoms with van der Waals surface area (Å²) < 4.78 is 25.9. The lowest BCUT2D eigenvalue weighted by Gasteiger charge is -2.22. The van der Waals surface area contributed by atoms with Crippen molar-refractivity contribution in [1.29, 1.82) is 0 Å². The predicted molar refractivity (Wildman–Crippen MR) is 59.1 cm³/mol. The summed E-state index contributed by atoms with van der Waals surface area (Å²) in [4.78, 5) is 1.98. The van der Waals surface area contributed by atoms with Gasteiger partial charge in [0.2, 0.25) is 0 Å². The zero-order valence-corrected chi connectivity index (χ0v) is 10.4. The van der Waals surface area contributed by atoms with Crippen LogP contribution in [0.4, 0.5) is 8.78 Å². The molecule has 5 heteroatoms. The SMILES string of the molecule is Cc1cc(Br)c(CC(C)(N)C(F)F)s1. The maximum absolute atomic E-state index is 12.5. The second-order valence-corrected chi connectivity index (χ2v) is 5.81. The van der Waals surface area contributed by atoms with Crippen LogP contribution in [0.2, 0.25) is 0 Å². The molecule has 0 fully saturated rings. The number of alkyl halides is 2. The van der Waals surface area contributed by atoms with Crippen LogP contribution < -0.4 is 5.73 Å². The molecule has 1 aromatic rings. The highest BCUT2D eigenvalue weighted by Gasteiger charge is 2.31. The minimum absolute atomic E-state index is 0.198. The molecule has 0 bridgehead atoms. The number of hydrogen-bond donors (Lipinski definition) is 1. The lowest BCUT2D eigenvalue weighted by molar-refractivity contribution is 0.0643. The molecule has 1 unspecified atom stereocenters. The zero-order chi connectivity index (χ0) is 10.9.